The minimum Gasteiger partial charge on any atom is -0.411 e. The summed E-state index contributed by atoms with van der Waals surface area (Å²) in [5.41, 5.74) is 20.6. The Labute approximate surface area is 306 Å². The number of aromatic nitrogens is 4. The number of nitrogens with two attached hydrogens (primary N) is 1. The van der Waals surface area contributed by atoms with Crippen LogP contribution in [0.1, 0.15) is 16.7 Å². The monoisotopic (exact) mass is 684 g/mol. The molecule has 0 saturated heterocycles. The summed E-state index contributed by atoms with van der Waals surface area (Å²) in [5.74, 6) is 0. The molecule has 4 aromatic heterocycles. The van der Waals surface area contributed by atoms with Gasteiger partial charge in [0.1, 0.15) is 5.71 Å². The third-order valence-electron chi connectivity index (χ3n) is 9.70. The van der Waals surface area contributed by atoms with Gasteiger partial charge in [0.25, 0.3) is 0 Å². The first-order valence-electron chi connectivity index (χ1n) is 17.4. The van der Waals surface area contributed by atoms with Crippen LogP contribution in [-0.4, -0.2) is 36.9 Å². The summed E-state index contributed by atoms with van der Waals surface area (Å²) in [6.45, 7) is 0. The van der Waals surface area contributed by atoms with Crippen LogP contribution in [0.25, 0.3) is 78.8 Å². The lowest BCUT2D eigenvalue weighted by atomic mass is 9.80. The molecule has 3 N–H and O–H groups in total. The lowest BCUT2D eigenvalue weighted by molar-refractivity contribution is 0.318. The minimum absolute atomic E-state index is 0.406. The Hall–Kier alpha value is -7.09. The molecule has 4 aromatic carbocycles. The smallest absolute Gasteiger partial charge is 0.109 e. The van der Waals surface area contributed by atoms with Gasteiger partial charge >= 0.3 is 0 Å². The highest BCUT2D eigenvalue weighted by Crippen LogP contribution is 2.40. The molecule has 252 valence electrons. The van der Waals surface area contributed by atoms with Crippen LogP contribution in [0.5, 0.6) is 0 Å². The van der Waals surface area contributed by atoms with Crippen molar-refractivity contribution < 1.29 is 5.21 Å². The van der Waals surface area contributed by atoms with Gasteiger partial charge in [-0.3, -0.25) is 9.97 Å². The molecule has 9 rings (SSSR count). The first-order valence-corrected chi connectivity index (χ1v) is 17.4. The summed E-state index contributed by atoms with van der Waals surface area (Å²) in [6.07, 6.45) is 5.66. The molecule has 53 heavy (non-hydrogen) atoms. The summed E-state index contributed by atoms with van der Waals surface area (Å²) in [4.78, 5) is 19.2. The molecule has 8 aromatic rings. The fraction of sp³-hybridized carbons (Fsp3) is 0.0217. The van der Waals surface area contributed by atoms with E-state index in [4.69, 9.17) is 15.7 Å². The first kappa shape index (κ1) is 31.9. The van der Waals surface area contributed by atoms with E-state index in [2.05, 4.69) is 69.7 Å². The van der Waals surface area contributed by atoms with Crippen LogP contribution in [-0.2, 0) is 0 Å². The SMILES string of the molecule is NC1C(c2ccccc2)=Cc2c(-c3ccccc3)nc3ccc(-c4ccc(-c5cc(-c6ccccn6)nc(-c6ccccn6)c5)cc4)cc3c2/C1=N/O. The molecular weight excluding hydrogens is 653 g/mol. The van der Waals surface area contributed by atoms with Crippen molar-refractivity contribution in [2.45, 2.75) is 6.04 Å². The average molecular weight is 685 g/mol. The summed E-state index contributed by atoms with van der Waals surface area (Å²) in [7, 11) is 0. The van der Waals surface area contributed by atoms with Crippen LogP contribution in [0.4, 0.5) is 0 Å². The maximum Gasteiger partial charge on any atom is 0.109 e. The van der Waals surface area contributed by atoms with Crippen molar-refractivity contribution in [1.29, 1.82) is 0 Å². The molecule has 1 atom stereocenters. The van der Waals surface area contributed by atoms with Crippen LogP contribution in [0.15, 0.2) is 169 Å². The number of nitrogens with zero attached hydrogens (tertiary/aromatic N) is 5. The van der Waals surface area contributed by atoms with Crippen LogP contribution in [0, 0.1) is 0 Å². The van der Waals surface area contributed by atoms with E-state index >= 15 is 0 Å². The predicted octanol–water partition coefficient (Wildman–Crippen LogP) is 9.81. The zero-order chi connectivity index (χ0) is 35.7. The number of rotatable bonds is 6. The third-order valence-corrected chi connectivity index (χ3v) is 9.70. The highest BCUT2D eigenvalue weighted by Gasteiger charge is 2.31. The molecule has 1 aliphatic carbocycles. The topological polar surface area (TPSA) is 110 Å². The molecule has 7 heteroatoms. The maximum atomic E-state index is 10.6. The fourth-order valence-electron chi connectivity index (χ4n) is 7.09. The third kappa shape index (κ3) is 5.95. The number of hydrogen-bond donors (Lipinski definition) is 2. The van der Waals surface area contributed by atoms with Gasteiger partial charge in [0.15, 0.2) is 0 Å². The Kier molecular flexibility index (Phi) is 8.15. The predicted molar refractivity (Wildman–Crippen MR) is 213 cm³/mol. The zero-order valence-electron chi connectivity index (χ0n) is 28.5. The standard InChI is InChI=1S/C46H32N6O/c47-44-35(31-11-3-1-4-12-31)28-37-43(46(44)52-53)36-25-33(21-22-38(36)51-45(37)32-13-5-2-6-14-32)29-17-19-30(20-18-29)34-26-41(39-15-7-9-23-48-39)50-42(27-34)40-16-8-10-24-49-40/h1-28,44,53H,47H2/b52-46-. The molecular formula is C46H32N6O. The largest absolute Gasteiger partial charge is 0.411 e. The number of benzene rings is 4. The maximum absolute atomic E-state index is 10.6. The second kappa shape index (κ2) is 13.6. The lowest BCUT2D eigenvalue weighted by Gasteiger charge is -2.27. The quantitative estimate of drug-likeness (QED) is 0.133. The van der Waals surface area contributed by atoms with E-state index < -0.39 is 6.04 Å². The van der Waals surface area contributed by atoms with E-state index in [1.165, 1.54) is 0 Å². The van der Waals surface area contributed by atoms with E-state index in [0.717, 1.165) is 89.5 Å². The fourth-order valence-corrected chi connectivity index (χ4v) is 7.09. The molecule has 0 amide bonds. The molecule has 0 bridgehead atoms. The van der Waals surface area contributed by atoms with E-state index in [1.54, 1.807) is 12.4 Å². The van der Waals surface area contributed by atoms with Gasteiger partial charge in [0.05, 0.1) is 40.0 Å². The Morgan fingerprint density at radius 1 is 0.509 bits per heavy atom. The van der Waals surface area contributed by atoms with Gasteiger partial charge in [-0.1, -0.05) is 108 Å². The first-order chi connectivity index (χ1) is 26.1. The Bertz CT molecular complexity index is 2600. The van der Waals surface area contributed by atoms with E-state index in [9.17, 15) is 5.21 Å². The summed E-state index contributed by atoms with van der Waals surface area (Å²) >= 11 is 0. The van der Waals surface area contributed by atoms with Crippen molar-refractivity contribution in [3.05, 3.63) is 181 Å². The van der Waals surface area contributed by atoms with Gasteiger partial charge in [-0.05, 0) is 88.0 Å². The van der Waals surface area contributed by atoms with Crippen molar-refractivity contribution in [2.24, 2.45) is 10.9 Å². The molecule has 7 nitrogen and oxygen atoms in total. The van der Waals surface area contributed by atoms with Gasteiger partial charge in [0.2, 0.25) is 0 Å². The second-order valence-electron chi connectivity index (χ2n) is 12.9. The highest BCUT2D eigenvalue weighted by atomic mass is 16.4. The normalized spacial score (nSPS) is 14.5. The van der Waals surface area contributed by atoms with Gasteiger partial charge in [-0.25, -0.2) is 9.97 Å². The van der Waals surface area contributed by atoms with Gasteiger partial charge < -0.3 is 10.9 Å². The number of oxime groups is 1. The van der Waals surface area contributed by atoms with E-state index in [0.29, 0.717) is 5.71 Å². The number of hydrogen-bond acceptors (Lipinski definition) is 7. The number of fused-ring (bicyclic) bond motifs is 3. The highest BCUT2D eigenvalue weighted by molar-refractivity contribution is 6.24. The van der Waals surface area contributed by atoms with Crippen LogP contribution >= 0.6 is 0 Å². The number of pyridine rings is 4. The Morgan fingerprint density at radius 2 is 1.08 bits per heavy atom. The van der Waals surface area contributed by atoms with Crippen molar-refractivity contribution in [1.82, 2.24) is 19.9 Å². The molecule has 0 radical (unpaired) electrons. The summed E-state index contributed by atoms with van der Waals surface area (Å²) < 4.78 is 0. The Balaban J connectivity index is 1.17. The summed E-state index contributed by atoms with van der Waals surface area (Å²) in [5, 5.41) is 15.3. The molecule has 0 spiro atoms. The van der Waals surface area contributed by atoms with Crippen LogP contribution in [0.2, 0.25) is 0 Å². The van der Waals surface area contributed by atoms with E-state index in [-0.39, 0.29) is 0 Å². The average Bonchev–Trinajstić information content (AvgIpc) is 3.24. The van der Waals surface area contributed by atoms with Crippen molar-refractivity contribution in [2.75, 3.05) is 0 Å². The Morgan fingerprint density at radius 3 is 1.66 bits per heavy atom. The molecule has 1 unspecified atom stereocenters. The van der Waals surface area contributed by atoms with Crippen molar-refractivity contribution in [3.8, 4) is 56.3 Å². The molecule has 4 heterocycles. The van der Waals surface area contributed by atoms with Crippen LogP contribution in [0.3, 0.4) is 0 Å². The van der Waals surface area contributed by atoms with Crippen LogP contribution < -0.4 is 5.73 Å². The molecule has 0 fully saturated rings. The summed E-state index contributed by atoms with van der Waals surface area (Å²) in [6, 6.07) is 49.9. The molecule has 0 aliphatic heterocycles. The van der Waals surface area contributed by atoms with E-state index in [1.807, 2.05) is 103 Å². The second-order valence-corrected chi connectivity index (χ2v) is 12.9. The molecule has 0 saturated carbocycles. The van der Waals surface area contributed by atoms with Crippen molar-refractivity contribution >= 4 is 28.3 Å². The molecule has 1 aliphatic rings. The van der Waals surface area contributed by atoms with Gasteiger partial charge in [0, 0.05) is 34.5 Å². The zero-order valence-corrected chi connectivity index (χ0v) is 28.5. The lowest BCUT2D eigenvalue weighted by Crippen LogP contribution is -2.35. The van der Waals surface area contributed by atoms with Crippen molar-refractivity contribution in [3.63, 3.8) is 0 Å². The van der Waals surface area contributed by atoms with Gasteiger partial charge in [-0.2, -0.15) is 0 Å². The minimum atomic E-state index is -0.639. The van der Waals surface area contributed by atoms with Gasteiger partial charge in [-0.15, -0.1) is 0 Å².